The van der Waals surface area contributed by atoms with E-state index in [-0.39, 0.29) is 6.61 Å². The standard InChI is InChI=1S/C12H12F4N2O4/c1-3-22-12(21)5(4-6(19)20)18(2)9-7(13)10(15)17-11(16)8(9)14/h5H,3-4H2,1-2H3,(H,19,20). The number of aromatic nitrogens is 1. The number of nitrogens with zero attached hydrogens (tertiary/aromatic N) is 2. The topological polar surface area (TPSA) is 79.7 Å². The Hall–Kier alpha value is -2.39. The second kappa shape index (κ2) is 7.05. The molecule has 1 aromatic heterocycles. The summed E-state index contributed by atoms with van der Waals surface area (Å²) >= 11 is 0. The number of aliphatic carboxylic acids is 1. The predicted molar refractivity (Wildman–Crippen MR) is 65.1 cm³/mol. The smallest absolute Gasteiger partial charge is 0.329 e. The molecule has 0 aliphatic carbocycles. The second-order valence-electron chi connectivity index (χ2n) is 4.15. The summed E-state index contributed by atoms with van der Waals surface area (Å²) in [7, 11) is 0.908. The first-order valence-corrected chi connectivity index (χ1v) is 6.01. The minimum atomic E-state index is -1.92. The van der Waals surface area contributed by atoms with Crippen LogP contribution in [-0.2, 0) is 14.3 Å². The Bertz CT molecular complexity index is 571. The summed E-state index contributed by atoms with van der Waals surface area (Å²) in [6.07, 6.45) is -0.889. The minimum Gasteiger partial charge on any atom is -0.481 e. The Balaban J connectivity index is 3.32. The molecule has 1 rings (SSSR count). The largest absolute Gasteiger partial charge is 0.481 e. The molecular weight excluding hydrogens is 312 g/mol. The van der Waals surface area contributed by atoms with Gasteiger partial charge >= 0.3 is 11.9 Å². The third-order valence-electron chi connectivity index (χ3n) is 2.72. The van der Waals surface area contributed by atoms with Crippen molar-refractivity contribution in [1.82, 2.24) is 4.98 Å². The van der Waals surface area contributed by atoms with E-state index in [2.05, 4.69) is 9.72 Å². The van der Waals surface area contributed by atoms with Crippen LogP contribution >= 0.6 is 0 Å². The summed E-state index contributed by atoms with van der Waals surface area (Å²) < 4.78 is 58.1. The van der Waals surface area contributed by atoms with Crippen LogP contribution in [0.3, 0.4) is 0 Å². The zero-order valence-electron chi connectivity index (χ0n) is 11.6. The number of esters is 1. The number of carbonyl (C=O) groups is 2. The van der Waals surface area contributed by atoms with Crippen molar-refractivity contribution in [1.29, 1.82) is 0 Å². The van der Waals surface area contributed by atoms with E-state index in [9.17, 15) is 27.2 Å². The summed E-state index contributed by atoms with van der Waals surface area (Å²) in [6, 6.07) is -1.68. The molecule has 0 saturated carbocycles. The van der Waals surface area contributed by atoms with Gasteiger partial charge in [0, 0.05) is 7.05 Å². The van der Waals surface area contributed by atoms with Crippen LogP contribution in [0.25, 0.3) is 0 Å². The van der Waals surface area contributed by atoms with Crippen LogP contribution < -0.4 is 4.90 Å². The van der Waals surface area contributed by atoms with E-state index in [1.54, 1.807) is 0 Å². The van der Waals surface area contributed by atoms with Crippen molar-refractivity contribution in [3.8, 4) is 0 Å². The number of carboxylic acids is 1. The van der Waals surface area contributed by atoms with Crippen LogP contribution in [0, 0.1) is 23.5 Å². The molecule has 1 aromatic rings. The highest BCUT2D eigenvalue weighted by Gasteiger charge is 2.33. The molecule has 0 aromatic carbocycles. The van der Waals surface area contributed by atoms with Gasteiger partial charge < -0.3 is 14.7 Å². The fraction of sp³-hybridized carbons (Fsp3) is 0.417. The van der Waals surface area contributed by atoms with Crippen molar-refractivity contribution in [2.75, 3.05) is 18.6 Å². The molecule has 1 N–H and O–H groups in total. The molecule has 10 heteroatoms. The van der Waals surface area contributed by atoms with E-state index in [1.807, 2.05) is 0 Å². The first-order chi connectivity index (χ1) is 10.2. The number of rotatable bonds is 6. The summed E-state index contributed by atoms with van der Waals surface area (Å²) in [4.78, 5) is 25.3. The maximum absolute atomic E-state index is 13.7. The van der Waals surface area contributed by atoms with E-state index < -0.39 is 53.6 Å². The number of carboxylic acid groups (broad SMARTS) is 1. The molecule has 122 valence electrons. The highest BCUT2D eigenvalue weighted by Crippen LogP contribution is 2.27. The SMILES string of the molecule is CCOC(=O)C(CC(=O)O)N(C)c1c(F)c(F)nc(F)c1F. The van der Waals surface area contributed by atoms with Crippen molar-refractivity contribution < 1.29 is 37.0 Å². The number of hydrogen-bond donors (Lipinski definition) is 1. The molecule has 0 fully saturated rings. The number of ether oxygens (including phenoxy) is 1. The van der Waals surface area contributed by atoms with Gasteiger partial charge in [0.1, 0.15) is 11.7 Å². The van der Waals surface area contributed by atoms with E-state index in [4.69, 9.17) is 5.11 Å². The lowest BCUT2D eigenvalue weighted by Gasteiger charge is -2.27. The normalized spacial score (nSPS) is 11.9. The third kappa shape index (κ3) is 3.62. The first-order valence-electron chi connectivity index (χ1n) is 6.01. The van der Waals surface area contributed by atoms with Crippen molar-refractivity contribution in [3.63, 3.8) is 0 Å². The zero-order valence-corrected chi connectivity index (χ0v) is 11.6. The molecule has 6 nitrogen and oxygen atoms in total. The minimum absolute atomic E-state index is 0.118. The molecule has 1 heterocycles. The maximum Gasteiger partial charge on any atom is 0.329 e. The van der Waals surface area contributed by atoms with Crippen LogP contribution in [0.5, 0.6) is 0 Å². The van der Waals surface area contributed by atoms with Crippen LogP contribution in [0.4, 0.5) is 23.2 Å². The number of hydrogen-bond acceptors (Lipinski definition) is 5. The zero-order chi connectivity index (χ0) is 17.0. The van der Waals surface area contributed by atoms with Gasteiger partial charge in [0.05, 0.1) is 13.0 Å². The van der Waals surface area contributed by atoms with Crippen molar-refractivity contribution >= 4 is 17.6 Å². The Kier molecular flexibility index (Phi) is 5.66. The maximum atomic E-state index is 13.7. The number of likely N-dealkylation sites (N-methyl/N-ethyl adjacent to an activating group) is 1. The Morgan fingerprint density at radius 2 is 1.73 bits per heavy atom. The molecule has 0 bridgehead atoms. The monoisotopic (exact) mass is 324 g/mol. The van der Waals surface area contributed by atoms with E-state index in [0.717, 1.165) is 7.05 Å². The van der Waals surface area contributed by atoms with Gasteiger partial charge in [-0.15, -0.1) is 0 Å². The van der Waals surface area contributed by atoms with Gasteiger partial charge in [-0.25, -0.2) is 4.79 Å². The van der Waals surface area contributed by atoms with Gasteiger partial charge in [-0.3, -0.25) is 4.79 Å². The Labute approximate surface area is 122 Å². The molecule has 0 spiro atoms. The van der Waals surface area contributed by atoms with Crippen LogP contribution in [0.15, 0.2) is 0 Å². The van der Waals surface area contributed by atoms with Gasteiger partial charge in [-0.2, -0.15) is 22.5 Å². The summed E-state index contributed by atoms with van der Waals surface area (Å²) in [5.74, 6) is -10.1. The first kappa shape index (κ1) is 17.7. The number of anilines is 1. The van der Waals surface area contributed by atoms with Gasteiger partial charge in [-0.05, 0) is 6.92 Å². The fourth-order valence-electron chi connectivity index (χ4n) is 1.72. The third-order valence-corrected chi connectivity index (χ3v) is 2.72. The van der Waals surface area contributed by atoms with E-state index >= 15 is 0 Å². The summed E-state index contributed by atoms with van der Waals surface area (Å²) in [6.45, 7) is 1.31. The highest BCUT2D eigenvalue weighted by atomic mass is 19.2. The number of carbonyl (C=O) groups excluding carboxylic acids is 1. The molecule has 0 aliphatic rings. The van der Waals surface area contributed by atoms with E-state index in [0.29, 0.717) is 4.90 Å². The van der Waals surface area contributed by atoms with E-state index in [1.165, 1.54) is 6.92 Å². The highest BCUT2D eigenvalue weighted by molar-refractivity contribution is 5.85. The average Bonchev–Trinajstić information content (AvgIpc) is 2.42. The molecular formula is C12H12F4N2O4. The summed E-state index contributed by atoms with van der Waals surface area (Å²) in [5.41, 5.74) is -1.25. The van der Waals surface area contributed by atoms with Gasteiger partial charge in [0.2, 0.25) is 11.6 Å². The molecule has 1 unspecified atom stereocenters. The van der Waals surface area contributed by atoms with Crippen molar-refractivity contribution in [3.05, 3.63) is 23.5 Å². The van der Waals surface area contributed by atoms with Gasteiger partial charge in [0.25, 0.3) is 11.9 Å². The molecule has 0 amide bonds. The van der Waals surface area contributed by atoms with Crippen LogP contribution in [0.1, 0.15) is 13.3 Å². The average molecular weight is 324 g/mol. The lowest BCUT2D eigenvalue weighted by molar-refractivity contribution is -0.149. The summed E-state index contributed by atoms with van der Waals surface area (Å²) in [5, 5.41) is 8.76. The fourth-order valence-corrected chi connectivity index (χ4v) is 1.72. The molecule has 0 saturated heterocycles. The lowest BCUT2D eigenvalue weighted by Crippen LogP contribution is -2.42. The number of pyridine rings is 1. The quantitative estimate of drug-likeness (QED) is 0.485. The second-order valence-corrected chi connectivity index (χ2v) is 4.15. The molecule has 22 heavy (non-hydrogen) atoms. The van der Waals surface area contributed by atoms with Crippen molar-refractivity contribution in [2.45, 2.75) is 19.4 Å². The van der Waals surface area contributed by atoms with Gasteiger partial charge in [0.15, 0.2) is 0 Å². The lowest BCUT2D eigenvalue weighted by atomic mass is 10.1. The number of halogens is 4. The molecule has 0 aliphatic heterocycles. The van der Waals surface area contributed by atoms with Crippen LogP contribution in [-0.4, -0.2) is 41.7 Å². The molecule has 0 radical (unpaired) electrons. The Morgan fingerprint density at radius 1 is 1.23 bits per heavy atom. The van der Waals surface area contributed by atoms with Crippen LogP contribution in [0.2, 0.25) is 0 Å². The Morgan fingerprint density at radius 3 is 2.14 bits per heavy atom. The van der Waals surface area contributed by atoms with Gasteiger partial charge in [-0.1, -0.05) is 0 Å². The molecule has 1 atom stereocenters. The predicted octanol–water partition coefficient (Wildman–Crippen LogP) is 1.48. The van der Waals surface area contributed by atoms with Crippen molar-refractivity contribution in [2.24, 2.45) is 0 Å².